The molecule has 2 atom stereocenters. The standard InChI is InChI=1S/C26H25F2N5O/c1-14-15(2)31-26-23(30-14)11-22(32-25(26)20-6-3-18(27)10-21(20)28)16-7-8-34-24(9-16)17-12-29-33(13-17)19-4-5-19/h3,6,10-13,16,19,24H,4-5,7-9H2,1-2H3/t16-,24-/m1/s1. The molecule has 2 aliphatic rings. The summed E-state index contributed by atoms with van der Waals surface area (Å²) in [5.74, 6) is -1.18. The van der Waals surface area contributed by atoms with Crippen LogP contribution in [0.3, 0.4) is 0 Å². The van der Waals surface area contributed by atoms with Gasteiger partial charge in [-0.25, -0.2) is 23.7 Å². The highest BCUT2D eigenvalue weighted by Gasteiger charge is 2.30. The number of halogens is 2. The van der Waals surface area contributed by atoms with Gasteiger partial charge in [0.2, 0.25) is 0 Å². The first-order valence-corrected chi connectivity index (χ1v) is 11.7. The Labute approximate surface area is 196 Å². The van der Waals surface area contributed by atoms with Crippen molar-refractivity contribution in [3.8, 4) is 11.3 Å². The van der Waals surface area contributed by atoms with E-state index in [-0.39, 0.29) is 17.6 Å². The molecule has 0 unspecified atom stereocenters. The third-order valence-electron chi connectivity index (χ3n) is 6.89. The van der Waals surface area contributed by atoms with Crippen molar-refractivity contribution in [1.29, 1.82) is 0 Å². The molecule has 0 bridgehead atoms. The Kier molecular flexibility index (Phi) is 5.13. The molecule has 1 aromatic carbocycles. The first-order valence-electron chi connectivity index (χ1n) is 11.7. The molecule has 34 heavy (non-hydrogen) atoms. The van der Waals surface area contributed by atoms with Crippen molar-refractivity contribution >= 4 is 11.0 Å². The first kappa shape index (κ1) is 21.3. The van der Waals surface area contributed by atoms with Gasteiger partial charge in [0.1, 0.15) is 22.8 Å². The van der Waals surface area contributed by atoms with E-state index in [1.165, 1.54) is 25.0 Å². The molecule has 1 aliphatic carbocycles. The van der Waals surface area contributed by atoms with E-state index in [2.05, 4.69) is 16.3 Å². The summed E-state index contributed by atoms with van der Waals surface area (Å²) in [6.07, 6.45) is 7.83. The third kappa shape index (κ3) is 3.86. The fourth-order valence-corrected chi connectivity index (χ4v) is 4.68. The number of ether oxygens (including phenoxy) is 1. The van der Waals surface area contributed by atoms with Gasteiger partial charge in [-0.1, -0.05) is 0 Å². The van der Waals surface area contributed by atoms with E-state index in [1.807, 2.05) is 30.8 Å². The van der Waals surface area contributed by atoms with Gasteiger partial charge in [0, 0.05) is 41.6 Å². The van der Waals surface area contributed by atoms with Crippen LogP contribution < -0.4 is 0 Å². The Morgan fingerprint density at radius 3 is 2.62 bits per heavy atom. The molecule has 6 rings (SSSR count). The summed E-state index contributed by atoms with van der Waals surface area (Å²) in [7, 11) is 0. The number of aromatic nitrogens is 5. The Bertz CT molecular complexity index is 1400. The maximum Gasteiger partial charge on any atom is 0.135 e. The summed E-state index contributed by atoms with van der Waals surface area (Å²) in [5.41, 5.74) is 5.27. The van der Waals surface area contributed by atoms with Crippen molar-refractivity contribution < 1.29 is 13.5 Å². The first-order chi connectivity index (χ1) is 16.5. The van der Waals surface area contributed by atoms with Crippen molar-refractivity contribution in [2.24, 2.45) is 0 Å². The van der Waals surface area contributed by atoms with Crippen LogP contribution in [-0.2, 0) is 4.74 Å². The average molecular weight is 462 g/mol. The average Bonchev–Trinajstić information content (AvgIpc) is 3.56. The van der Waals surface area contributed by atoms with Crippen molar-refractivity contribution in [3.05, 3.63) is 70.9 Å². The quantitative estimate of drug-likeness (QED) is 0.387. The van der Waals surface area contributed by atoms with E-state index in [4.69, 9.17) is 14.7 Å². The van der Waals surface area contributed by atoms with E-state index in [0.717, 1.165) is 41.6 Å². The van der Waals surface area contributed by atoms with E-state index >= 15 is 0 Å². The zero-order valence-corrected chi connectivity index (χ0v) is 19.1. The monoisotopic (exact) mass is 461 g/mol. The number of hydrogen-bond donors (Lipinski definition) is 0. The highest BCUT2D eigenvalue weighted by Crippen LogP contribution is 2.40. The van der Waals surface area contributed by atoms with Crippen LogP contribution in [0, 0.1) is 25.5 Å². The molecule has 6 nitrogen and oxygen atoms in total. The van der Waals surface area contributed by atoms with Crippen molar-refractivity contribution in [1.82, 2.24) is 24.7 Å². The van der Waals surface area contributed by atoms with Crippen LogP contribution in [0.15, 0.2) is 36.7 Å². The molecule has 4 aromatic rings. The summed E-state index contributed by atoms with van der Waals surface area (Å²) >= 11 is 0. The molecule has 174 valence electrons. The summed E-state index contributed by atoms with van der Waals surface area (Å²) < 4.78 is 36.6. The molecule has 8 heteroatoms. The Morgan fingerprint density at radius 2 is 1.82 bits per heavy atom. The van der Waals surface area contributed by atoms with Crippen molar-refractivity contribution in [2.75, 3.05) is 6.61 Å². The molecule has 0 N–H and O–H groups in total. The lowest BCUT2D eigenvalue weighted by molar-refractivity contribution is 0.00462. The molecule has 0 radical (unpaired) electrons. The number of nitrogens with zero attached hydrogens (tertiary/aromatic N) is 5. The lowest BCUT2D eigenvalue weighted by Crippen LogP contribution is -2.19. The van der Waals surface area contributed by atoms with Gasteiger partial charge in [0.05, 0.1) is 35.2 Å². The molecule has 1 saturated carbocycles. The SMILES string of the molecule is Cc1nc2cc([C@@H]3CCO[C@@H](c4cnn(C5CC5)c4)C3)nc(-c3ccc(F)cc3F)c2nc1C. The van der Waals surface area contributed by atoms with Crippen LogP contribution >= 0.6 is 0 Å². The van der Waals surface area contributed by atoms with Gasteiger partial charge in [-0.3, -0.25) is 4.68 Å². The summed E-state index contributed by atoms with van der Waals surface area (Å²) in [5, 5.41) is 4.51. The molecule has 1 saturated heterocycles. The van der Waals surface area contributed by atoms with E-state index < -0.39 is 11.6 Å². The smallest absolute Gasteiger partial charge is 0.135 e. The molecule has 2 fully saturated rings. The second-order valence-corrected chi connectivity index (χ2v) is 9.35. The zero-order valence-electron chi connectivity index (χ0n) is 19.1. The number of hydrogen-bond acceptors (Lipinski definition) is 5. The highest BCUT2D eigenvalue weighted by atomic mass is 19.1. The van der Waals surface area contributed by atoms with Gasteiger partial charge in [-0.2, -0.15) is 5.10 Å². The van der Waals surface area contributed by atoms with Gasteiger partial charge in [-0.15, -0.1) is 0 Å². The van der Waals surface area contributed by atoms with Gasteiger partial charge >= 0.3 is 0 Å². The molecule has 0 amide bonds. The third-order valence-corrected chi connectivity index (χ3v) is 6.89. The van der Waals surface area contributed by atoms with Crippen LogP contribution in [0.2, 0.25) is 0 Å². The summed E-state index contributed by atoms with van der Waals surface area (Å²) in [6, 6.07) is 6.03. The second kappa shape index (κ2) is 8.20. The van der Waals surface area contributed by atoms with Crippen LogP contribution in [0.1, 0.15) is 66.4 Å². The number of fused-ring (bicyclic) bond motifs is 1. The van der Waals surface area contributed by atoms with Crippen LogP contribution in [0.4, 0.5) is 8.78 Å². The van der Waals surface area contributed by atoms with Crippen molar-refractivity contribution in [3.63, 3.8) is 0 Å². The number of rotatable bonds is 4. The fourth-order valence-electron chi connectivity index (χ4n) is 4.68. The number of aryl methyl sites for hydroxylation is 2. The molecule has 1 aliphatic heterocycles. The Hall–Kier alpha value is -3.26. The van der Waals surface area contributed by atoms with Gasteiger partial charge in [-0.05, 0) is 57.7 Å². The van der Waals surface area contributed by atoms with Gasteiger partial charge in [0.15, 0.2) is 0 Å². The second-order valence-electron chi connectivity index (χ2n) is 9.35. The minimum absolute atomic E-state index is 0.0689. The highest BCUT2D eigenvalue weighted by molar-refractivity contribution is 5.89. The predicted molar refractivity (Wildman–Crippen MR) is 123 cm³/mol. The Balaban J connectivity index is 1.41. The molecule has 0 spiro atoms. The lowest BCUT2D eigenvalue weighted by atomic mass is 9.89. The van der Waals surface area contributed by atoms with Gasteiger partial charge < -0.3 is 4.74 Å². The summed E-state index contributed by atoms with van der Waals surface area (Å²) in [6.45, 7) is 4.37. The van der Waals surface area contributed by atoms with Crippen LogP contribution in [0.25, 0.3) is 22.3 Å². The molecular weight excluding hydrogens is 436 g/mol. The van der Waals surface area contributed by atoms with Crippen molar-refractivity contribution in [2.45, 2.75) is 57.6 Å². The minimum Gasteiger partial charge on any atom is -0.373 e. The normalized spacial score (nSPS) is 20.7. The zero-order chi connectivity index (χ0) is 23.4. The largest absolute Gasteiger partial charge is 0.373 e. The molecule has 4 heterocycles. The number of pyridine rings is 1. The Morgan fingerprint density at radius 1 is 1.00 bits per heavy atom. The van der Waals surface area contributed by atoms with E-state index in [9.17, 15) is 8.78 Å². The maximum atomic E-state index is 14.8. The number of benzene rings is 1. The minimum atomic E-state index is -0.664. The molecular formula is C26H25F2N5O. The fraction of sp³-hybridized carbons (Fsp3) is 0.385. The summed E-state index contributed by atoms with van der Waals surface area (Å²) in [4.78, 5) is 14.3. The van der Waals surface area contributed by atoms with E-state index in [1.54, 1.807) is 0 Å². The van der Waals surface area contributed by atoms with Crippen LogP contribution in [0.5, 0.6) is 0 Å². The molecule has 3 aromatic heterocycles. The predicted octanol–water partition coefficient (Wildman–Crippen LogP) is 5.75. The maximum absolute atomic E-state index is 14.8. The lowest BCUT2D eigenvalue weighted by Gasteiger charge is -2.29. The topological polar surface area (TPSA) is 65.7 Å². The van der Waals surface area contributed by atoms with Gasteiger partial charge in [0.25, 0.3) is 0 Å². The van der Waals surface area contributed by atoms with Crippen LogP contribution in [-0.4, -0.2) is 31.3 Å². The van der Waals surface area contributed by atoms with E-state index in [0.29, 0.717) is 29.4 Å².